The van der Waals surface area contributed by atoms with E-state index in [-0.39, 0.29) is 17.9 Å². The van der Waals surface area contributed by atoms with E-state index in [4.69, 9.17) is 4.74 Å². The normalized spacial score (nSPS) is 11.4. The molecule has 22 heavy (non-hydrogen) atoms. The summed E-state index contributed by atoms with van der Waals surface area (Å²) < 4.78 is 44.2. The minimum atomic E-state index is -4.44. The number of alkyl halides is 3. The lowest BCUT2D eigenvalue weighted by atomic mass is 10.1. The zero-order valence-corrected chi connectivity index (χ0v) is 12.5. The molecule has 7 heteroatoms. The van der Waals surface area contributed by atoms with E-state index >= 15 is 0 Å². The number of anilines is 1. The highest BCUT2D eigenvalue weighted by Gasteiger charge is 2.33. The molecule has 0 unspecified atom stereocenters. The van der Waals surface area contributed by atoms with Crippen LogP contribution in [-0.2, 0) is 12.7 Å². The number of halogens is 3. The quantitative estimate of drug-likeness (QED) is 0.934. The van der Waals surface area contributed by atoms with E-state index in [0.717, 1.165) is 11.8 Å². The maximum Gasteiger partial charge on any atom is 0.416 e. The first-order valence-electron chi connectivity index (χ1n) is 6.60. The number of nitrogens with zero attached hydrogens (tertiary/aromatic N) is 2. The molecule has 2 rings (SSSR count). The van der Waals surface area contributed by atoms with Crippen molar-refractivity contribution in [3.05, 3.63) is 46.9 Å². The van der Waals surface area contributed by atoms with Gasteiger partial charge in [-0.2, -0.15) is 13.2 Å². The average Bonchev–Trinajstić information content (AvgIpc) is 2.43. The smallest absolute Gasteiger partial charge is 0.416 e. The average molecular weight is 311 g/mol. The SMILES string of the molecule is COc1ccc(CNc2cc(C)nc(C)n2)c(C(F)(F)F)c1. The van der Waals surface area contributed by atoms with Crippen LogP contribution in [0.3, 0.4) is 0 Å². The molecule has 1 N–H and O–H groups in total. The monoisotopic (exact) mass is 311 g/mol. The van der Waals surface area contributed by atoms with Gasteiger partial charge in [0, 0.05) is 18.3 Å². The number of rotatable bonds is 4. The second-order valence-electron chi connectivity index (χ2n) is 4.82. The van der Waals surface area contributed by atoms with Crippen molar-refractivity contribution in [3.63, 3.8) is 0 Å². The molecule has 0 amide bonds. The van der Waals surface area contributed by atoms with Crippen molar-refractivity contribution in [2.45, 2.75) is 26.6 Å². The van der Waals surface area contributed by atoms with Gasteiger partial charge in [0.2, 0.25) is 0 Å². The third kappa shape index (κ3) is 3.87. The third-order valence-electron chi connectivity index (χ3n) is 3.05. The lowest BCUT2D eigenvalue weighted by Gasteiger charge is -2.15. The molecule has 0 saturated carbocycles. The molecule has 0 bridgehead atoms. The van der Waals surface area contributed by atoms with Gasteiger partial charge in [-0.1, -0.05) is 6.07 Å². The Kier molecular flexibility index (Phi) is 4.54. The van der Waals surface area contributed by atoms with Gasteiger partial charge >= 0.3 is 6.18 Å². The van der Waals surface area contributed by atoms with Crippen LogP contribution in [0, 0.1) is 13.8 Å². The molecule has 0 aliphatic rings. The summed E-state index contributed by atoms with van der Waals surface area (Å²) in [5.74, 6) is 1.23. The fourth-order valence-corrected chi connectivity index (χ4v) is 2.09. The topological polar surface area (TPSA) is 47.0 Å². The standard InChI is InChI=1S/C15H16F3N3O/c1-9-6-14(21-10(2)20-9)19-8-11-4-5-12(22-3)7-13(11)15(16,17)18/h4-7H,8H2,1-3H3,(H,19,20,21). The van der Waals surface area contributed by atoms with Gasteiger partial charge < -0.3 is 10.1 Å². The van der Waals surface area contributed by atoms with Crippen molar-refractivity contribution in [2.24, 2.45) is 0 Å². The Balaban J connectivity index is 2.25. The molecule has 0 atom stereocenters. The summed E-state index contributed by atoms with van der Waals surface area (Å²) in [6.07, 6.45) is -4.44. The largest absolute Gasteiger partial charge is 0.497 e. The number of benzene rings is 1. The molecule has 0 saturated heterocycles. The minimum absolute atomic E-state index is 0.00866. The number of methoxy groups -OCH3 is 1. The summed E-state index contributed by atoms with van der Waals surface area (Å²) in [6, 6.07) is 5.58. The Morgan fingerprint density at radius 1 is 1.14 bits per heavy atom. The maximum absolute atomic E-state index is 13.1. The zero-order chi connectivity index (χ0) is 16.3. The van der Waals surface area contributed by atoms with Gasteiger partial charge in [0.15, 0.2) is 0 Å². The fourth-order valence-electron chi connectivity index (χ4n) is 2.09. The first-order valence-corrected chi connectivity index (χ1v) is 6.60. The van der Waals surface area contributed by atoms with Gasteiger partial charge in [-0.25, -0.2) is 9.97 Å². The van der Waals surface area contributed by atoms with Crippen LogP contribution in [0.25, 0.3) is 0 Å². The van der Waals surface area contributed by atoms with E-state index in [1.54, 1.807) is 19.9 Å². The van der Waals surface area contributed by atoms with Crippen LogP contribution < -0.4 is 10.1 Å². The van der Waals surface area contributed by atoms with Crippen molar-refractivity contribution in [2.75, 3.05) is 12.4 Å². The Labute approximate surface area is 126 Å². The highest BCUT2D eigenvalue weighted by Crippen LogP contribution is 2.34. The second-order valence-corrected chi connectivity index (χ2v) is 4.82. The molecule has 0 fully saturated rings. The number of ether oxygens (including phenoxy) is 1. The van der Waals surface area contributed by atoms with Gasteiger partial charge in [-0.15, -0.1) is 0 Å². The molecular weight excluding hydrogens is 295 g/mol. The maximum atomic E-state index is 13.1. The van der Waals surface area contributed by atoms with Gasteiger partial charge in [-0.05, 0) is 31.5 Å². The van der Waals surface area contributed by atoms with E-state index in [1.165, 1.54) is 19.2 Å². The van der Waals surface area contributed by atoms with E-state index in [9.17, 15) is 13.2 Å². The van der Waals surface area contributed by atoms with Crippen LogP contribution in [0.15, 0.2) is 24.3 Å². The molecule has 0 spiro atoms. The molecule has 0 radical (unpaired) electrons. The van der Waals surface area contributed by atoms with Gasteiger partial charge in [-0.3, -0.25) is 0 Å². The van der Waals surface area contributed by atoms with Crippen molar-refractivity contribution >= 4 is 5.82 Å². The molecule has 1 aromatic heterocycles. The number of nitrogens with one attached hydrogen (secondary N) is 1. The van der Waals surface area contributed by atoms with Crippen LogP contribution in [0.4, 0.5) is 19.0 Å². The predicted molar refractivity (Wildman–Crippen MR) is 76.8 cm³/mol. The summed E-state index contributed by atoms with van der Waals surface area (Å²) in [5.41, 5.74) is 0.157. The summed E-state index contributed by atoms with van der Waals surface area (Å²) in [5, 5.41) is 2.90. The summed E-state index contributed by atoms with van der Waals surface area (Å²) in [6.45, 7) is 3.54. The van der Waals surface area contributed by atoms with E-state index < -0.39 is 11.7 Å². The number of hydrogen-bond donors (Lipinski definition) is 1. The van der Waals surface area contributed by atoms with Crippen LogP contribution >= 0.6 is 0 Å². The molecule has 4 nitrogen and oxygen atoms in total. The van der Waals surface area contributed by atoms with Gasteiger partial charge in [0.1, 0.15) is 17.4 Å². The zero-order valence-electron chi connectivity index (χ0n) is 12.5. The Hall–Kier alpha value is -2.31. The van der Waals surface area contributed by atoms with Crippen molar-refractivity contribution < 1.29 is 17.9 Å². The highest BCUT2D eigenvalue weighted by molar-refractivity contribution is 5.42. The molecule has 0 aliphatic carbocycles. The van der Waals surface area contributed by atoms with E-state index in [2.05, 4.69) is 15.3 Å². The molecule has 2 aromatic rings. The predicted octanol–water partition coefficient (Wildman–Crippen LogP) is 3.73. The molecular formula is C15H16F3N3O. The van der Waals surface area contributed by atoms with Crippen molar-refractivity contribution in [3.8, 4) is 5.75 Å². The van der Waals surface area contributed by atoms with Crippen LogP contribution in [-0.4, -0.2) is 17.1 Å². The second kappa shape index (κ2) is 6.21. The van der Waals surface area contributed by atoms with Gasteiger partial charge in [0.05, 0.1) is 12.7 Å². The summed E-state index contributed by atoms with van der Waals surface area (Å²) in [7, 11) is 1.33. The number of hydrogen-bond acceptors (Lipinski definition) is 4. The lowest BCUT2D eigenvalue weighted by Crippen LogP contribution is -2.13. The highest BCUT2D eigenvalue weighted by atomic mass is 19.4. The molecule has 118 valence electrons. The fraction of sp³-hybridized carbons (Fsp3) is 0.333. The first-order chi connectivity index (χ1) is 10.3. The molecule has 1 aromatic carbocycles. The Morgan fingerprint density at radius 2 is 1.86 bits per heavy atom. The minimum Gasteiger partial charge on any atom is -0.497 e. The van der Waals surface area contributed by atoms with E-state index in [1.807, 2.05) is 0 Å². The van der Waals surface area contributed by atoms with Crippen molar-refractivity contribution in [1.29, 1.82) is 0 Å². The lowest BCUT2D eigenvalue weighted by molar-refractivity contribution is -0.138. The van der Waals surface area contributed by atoms with E-state index in [0.29, 0.717) is 11.6 Å². The number of aryl methyl sites for hydroxylation is 2. The van der Waals surface area contributed by atoms with Crippen LogP contribution in [0.2, 0.25) is 0 Å². The first kappa shape index (κ1) is 16.1. The summed E-state index contributed by atoms with van der Waals surface area (Å²) >= 11 is 0. The Morgan fingerprint density at radius 3 is 2.45 bits per heavy atom. The van der Waals surface area contributed by atoms with Crippen LogP contribution in [0.1, 0.15) is 22.6 Å². The number of aromatic nitrogens is 2. The van der Waals surface area contributed by atoms with Crippen LogP contribution in [0.5, 0.6) is 5.75 Å². The van der Waals surface area contributed by atoms with Crippen molar-refractivity contribution in [1.82, 2.24) is 9.97 Å². The third-order valence-corrected chi connectivity index (χ3v) is 3.05. The Bertz CT molecular complexity index is 651. The molecule has 1 heterocycles. The van der Waals surface area contributed by atoms with Gasteiger partial charge in [0.25, 0.3) is 0 Å². The molecule has 0 aliphatic heterocycles. The summed E-state index contributed by atoms with van der Waals surface area (Å²) in [4.78, 5) is 8.27.